The summed E-state index contributed by atoms with van der Waals surface area (Å²) in [5, 5.41) is 1.44. The van der Waals surface area contributed by atoms with E-state index in [4.69, 9.17) is 16.0 Å². The highest BCUT2D eigenvalue weighted by Crippen LogP contribution is 2.24. The quantitative estimate of drug-likeness (QED) is 0.302. The third-order valence-corrected chi connectivity index (χ3v) is 4.40. The molecule has 0 radical (unpaired) electrons. The maximum atomic E-state index is 12.3. The minimum absolute atomic E-state index is 0.176. The van der Waals surface area contributed by atoms with E-state index in [-0.39, 0.29) is 5.78 Å². The van der Waals surface area contributed by atoms with Gasteiger partial charge in [-0.15, -0.1) is 0 Å². The number of hydrogen-bond acceptors (Lipinski definition) is 2. The summed E-state index contributed by atoms with van der Waals surface area (Å²) in [5.74, 6) is 0.129. The Hall–Kier alpha value is -3.10. The SMILES string of the molecule is O=C(/C=C/c1ccc(-c2ccccc2)cc1)c1cc2cc(Cl)ccc2o1. The van der Waals surface area contributed by atoms with Crippen LogP contribution in [0.1, 0.15) is 16.1 Å². The molecular formula is C23H15ClO2. The van der Waals surface area contributed by atoms with Crippen LogP contribution >= 0.6 is 11.6 Å². The fourth-order valence-electron chi connectivity index (χ4n) is 2.81. The summed E-state index contributed by atoms with van der Waals surface area (Å²) in [5.41, 5.74) is 3.92. The molecule has 4 rings (SSSR count). The van der Waals surface area contributed by atoms with E-state index in [9.17, 15) is 4.79 Å². The first-order valence-electron chi connectivity index (χ1n) is 8.26. The molecule has 4 aromatic rings. The lowest BCUT2D eigenvalue weighted by atomic mass is 10.0. The molecule has 0 spiro atoms. The number of fused-ring (bicyclic) bond motifs is 1. The van der Waals surface area contributed by atoms with Crippen molar-refractivity contribution in [1.29, 1.82) is 0 Å². The summed E-state index contributed by atoms with van der Waals surface area (Å²) in [6.45, 7) is 0. The molecule has 0 saturated carbocycles. The van der Waals surface area contributed by atoms with Crippen LogP contribution in [0.3, 0.4) is 0 Å². The summed E-state index contributed by atoms with van der Waals surface area (Å²) in [7, 11) is 0. The fraction of sp³-hybridized carbons (Fsp3) is 0. The van der Waals surface area contributed by atoms with Crippen LogP contribution in [0.25, 0.3) is 28.2 Å². The largest absolute Gasteiger partial charge is 0.453 e. The van der Waals surface area contributed by atoms with Gasteiger partial charge in [0.05, 0.1) is 0 Å². The van der Waals surface area contributed by atoms with E-state index in [1.54, 1.807) is 30.3 Å². The Balaban J connectivity index is 1.52. The molecule has 0 amide bonds. The van der Waals surface area contributed by atoms with Crippen LogP contribution < -0.4 is 0 Å². The molecule has 0 saturated heterocycles. The summed E-state index contributed by atoms with van der Waals surface area (Å²) >= 11 is 5.97. The van der Waals surface area contributed by atoms with Crippen molar-refractivity contribution in [3.63, 3.8) is 0 Å². The topological polar surface area (TPSA) is 30.2 Å². The van der Waals surface area contributed by atoms with Crippen molar-refractivity contribution in [3.05, 3.63) is 101 Å². The van der Waals surface area contributed by atoms with Gasteiger partial charge < -0.3 is 4.42 Å². The van der Waals surface area contributed by atoms with Gasteiger partial charge in [0.15, 0.2) is 5.76 Å². The van der Waals surface area contributed by atoms with Crippen LogP contribution in [-0.4, -0.2) is 5.78 Å². The number of halogens is 1. The first kappa shape index (κ1) is 16.4. The van der Waals surface area contributed by atoms with Gasteiger partial charge >= 0.3 is 0 Å². The molecule has 1 aromatic heterocycles. The number of carbonyl (C=O) groups excluding carboxylic acids is 1. The molecule has 0 aliphatic rings. The number of allylic oxidation sites excluding steroid dienone is 1. The smallest absolute Gasteiger partial charge is 0.221 e. The predicted molar refractivity (Wildman–Crippen MR) is 106 cm³/mol. The number of rotatable bonds is 4. The molecular weight excluding hydrogens is 344 g/mol. The fourth-order valence-corrected chi connectivity index (χ4v) is 2.99. The summed E-state index contributed by atoms with van der Waals surface area (Å²) < 4.78 is 5.59. The van der Waals surface area contributed by atoms with E-state index in [0.29, 0.717) is 16.4 Å². The Kier molecular flexibility index (Phi) is 4.42. The molecule has 0 N–H and O–H groups in total. The van der Waals surface area contributed by atoms with Gasteiger partial charge in [-0.25, -0.2) is 0 Å². The first-order chi connectivity index (χ1) is 12.7. The van der Waals surface area contributed by atoms with Crippen LogP contribution in [0, 0.1) is 0 Å². The number of furan rings is 1. The maximum Gasteiger partial charge on any atom is 0.221 e. The van der Waals surface area contributed by atoms with Crippen molar-refractivity contribution >= 4 is 34.4 Å². The first-order valence-corrected chi connectivity index (χ1v) is 8.64. The normalized spacial score (nSPS) is 11.3. The lowest BCUT2D eigenvalue weighted by Crippen LogP contribution is -1.90. The van der Waals surface area contributed by atoms with Gasteiger partial charge in [-0.2, -0.15) is 0 Å². The Morgan fingerprint density at radius 2 is 1.58 bits per heavy atom. The van der Waals surface area contributed by atoms with Gasteiger partial charge in [-0.05, 0) is 47.0 Å². The molecule has 2 nitrogen and oxygen atoms in total. The van der Waals surface area contributed by atoms with Crippen molar-refractivity contribution in [2.45, 2.75) is 0 Å². The molecule has 3 aromatic carbocycles. The molecule has 1 heterocycles. The summed E-state index contributed by atoms with van der Waals surface area (Å²) in [4.78, 5) is 12.3. The monoisotopic (exact) mass is 358 g/mol. The Morgan fingerprint density at radius 1 is 0.846 bits per heavy atom. The minimum atomic E-state index is -0.176. The Bertz CT molecular complexity index is 1090. The van der Waals surface area contributed by atoms with E-state index in [1.807, 2.05) is 42.5 Å². The zero-order valence-corrected chi connectivity index (χ0v) is 14.6. The van der Waals surface area contributed by atoms with Gasteiger partial charge in [0.2, 0.25) is 5.78 Å². The third kappa shape index (κ3) is 3.46. The molecule has 0 unspecified atom stereocenters. The average molecular weight is 359 g/mol. The van der Waals surface area contributed by atoms with Crippen LogP contribution in [0.2, 0.25) is 5.02 Å². The van der Waals surface area contributed by atoms with E-state index < -0.39 is 0 Å². The van der Waals surface area contributed by atoms with E-state index in [1.165, 1.54) is 11.6 Å². The Labute approximate surface area is 156 Å². The Morgan fingerprint density at radius 3 is 2.35 bits per heavy atom. The highest BCUT2D eigenvalue weighted by atomic mass is 35.5. The van der Waals surface area contributed by atoms with Gasteiger partial charge in [-0.3, -0.25) is 4.79 Å². The van der Waals surface area contributed by atoms with Gasteiger partial charge in [0.1, 0.15) is 5.58 Å². The minimum Gasteiger partial charge on any atom is -0.453 e. The summed E-state index contributed by atoms with van der Waals surface area (Å²) in [6, 6.07) is 25.2. The molecule has 0 aliphatic carbocycles. The lowest BCUT2D eigenvalue weighted by molar-refractivity contribution is 0.102. The second kappa shape index (κ2) is 7.03. The molecule has 3 heteroatoms. The van der Waals surface area contributed by atoms with Gasteiger partial charge in [0, 0.05) is 10.4 Å². The van der Waals surface area contributed by atoms with Crippen LogP contribution in [0.15, 0.2) is 89.4 Å². The zero-order chi connectivity index (χ0) is 17.9. The van der Waals surface area contributed by atoms with E-state index in [0.717, 1.165) is 16.5 Å². The lowest BCUT2D eigenvalue weighted by Gasteiger charge is -2.01. The van der Waals surface area contributed by atoms with Crippen molar-refractivity contribution < 1.29 is 9.21 Å². The number of carbonyl (C=O) groups is 1. The van der Waals surface area contributed by atoms with Crippen molar-refractivity contribution in [2.75, 3.05) is 0 Å². The van der Waals surface area contributed by atoms with E-state index in [2.05, 4.69) is 12.1 Å². The molecule has 0 fully saturated rings. The second-order valence-electron chi connectivity index (χ2n) is 5.98. The molecule has 0 atom stereocenters. The van der Waals surface area contributed by atoms with Gasteiger partial charge in [0.25, 0.3) is 0 Å². The average Bonchev–Trinajstić information content (AvgIpc) is 3.10. The number of benzene rings is 3. The number of ketones is 1. The van der Waals surface area contributed by atoms with Gasteiger partial charge in [-0.1, -0.05) is 72.3 Å². The molecule has 26 heavy (non-hydrogen) atoms. The highest BCUT2D eigenvalue weighted by Gasteiger charge is 2.09. The van der Waals surface area contributed by atoms with Crippen molar-refractivity contribution in [3.8, 4) is 11.1 Å². The van der Waals surface area contributed by atoms with Crippen LogP contribution in [0.5, 0.6) is 0 Å². The maximum absolute atomic E-state index is 12.3. The molecule has 0 bridgehead atoms. The molecule has 126 valence electrons. The van der Waals surface area contributed by atoms with Crippen molar-refractivity contribution in [2.24, 2.45) is 0 Å². The zero-order valence-electron chi connectivity index (χ0n) is 13.9. The highest BCUT2D eigenvalue weighted by molar-refractivity contribution is 6.31. The molecule has 0 aliphatic heterocycles. The second-order valence-corrected chi connectivity index (χ2v) is 6.41. The summed E-state index contributed by atoms with van der Waals surface area (Å²) in [6.07, 6.45) is 3.31. The third-order valence-electron chi connectivity index (χ3n) is 4.17. The van der Waals surface area contributed by atoms with Crippen LogP contribution in [0.4, 0.5) is 0 Å². The van der Waals surface area contributed by atoms with E-state index >= 15 is 0 Å². The number of hydrogen-bond donors (Lipinski definition) is 0. The standard InChI is InChI=1S/C23H15ClO2/c24-20-11-13-22-19(14-20)15-23(26-22)21(25)12-8-16-6-9-18(10-7-16)17-4-2-1-3-5-17/h1-15H/b12-8+. The van der Waals surface area contributed by atoms with Crippen LogP contribution in [-0.2, 0) is 0 Å². The van der Waals surface area contributed by atoms with Crippen molar-refractivity contribution in [1.82, 2.24) is 0 Å². The predicted octanol–water partition coefficient (Wildman–Crippen LogP) is 6.65.